The largest absolute Gasteiger partial charge is 0.359 e. The lowest BCUT2D eigenvalue weighted by Crippen LogP contribution is -2.34. The molecular formula is C17H26N4O5S. The summed E-state index contributed by atoms with van der Waals surface area (Å²) in [6.45, 7) is 8.08. The van der Waals surface area contributed by atoms with Gasteiger partial charge in [0.2, 0.25) is 0 Å². The van der Waals surface area contributed by atoms with E-state index >= 15 is 0 Å². The first kappa shape index (κ1) is 20.9. The Hall–Kier alpha value is -2.36. The van der Waals surface area contributed by atoms with Crippen molar-refractivity contribution in [1.82, 2.24) is 14.7 Å². The normalized spacial score (nSPS) is 12.3. The summed E-state index contributed by atoms with van der Waals surface area (Å²) in [7, 11) is -4.23. The molecule has 0 aliphatic heterocycles. The first-order valence-electron chi connectivity index (χ1n) is 8.88. The number of aromatic amines is 1. The minimum atomic E-state index is -4.23. The molecule has 0 aromatic carbocycles. The molecule has 0 unspecified atom stereocenters. The number of sulfonamides is 1. The van der Waals surface area contributed by atoms with Crippen LogP contribution in [-0.2, 0) is 22.0 Å². The molecule has 0 saturated heterocycles. The van der Waals surface area contributed by atoms with Crippen LogP contribution in [0.15, 0.2) is 31.3 Å². The van der Waals surface area contributed by atoms with E-state index in [0.29, 0.717) is 18.7 Å². The first-order chi connectivity index (χ1) is 12.5. The third-order valence-corrected chi connectivity index (χ3v) is 5.36. The number of nitrogens with zero attached hydrogens (tertiary/aromatic N) is 2. The highest BCUT2D eigenvalue weighted by molar-refractivity contribution is 7.92. The molecule has 2 N–H and O–H groups in total. The number of rotatable bonds is 8. The molecule has 0 bridgehead atoms. The number of nitrogens with one attached hydrogen (secondary N) is 2. The smallest absolute Gasteiger partial charge is 0.328 e. The van der Waals surface area contributed by atoms with Gasteiger partial charge < -0.3 is 4.52 Å². The molecular weight excluding hydrogens is 372 g/mol. The van der Waals surface area contributed by atoms with Crippen LogP contribution in [-0.4, -0.2) is 23.1 Å². The number of hydrogen-bond acceptors (Lipinski definition) is 6. The van der Waals surface area contributed by atoms with E-state index in [-0.39, 0.29) is 11.2 Å². The van der Waals surface area contributed by atoms with Gasteiger partial charge in [-0.2, -0.15) is 0 Å². The molecule has 0 atom stereocenters. The number of hydrogen-bond donors (Lipinski definition) is 2. The van der Waals surface area contributed by atoms with Crippen molar-refractivity contribution in [1.29, 1.82) is 0 Å². The van der Waals surface area contributed by atoms with Gasteiger partial charge in [-0.3, -0.25) is 19.1 Å². The molecule has 2 rings (SSSR count). The van der Waals surface area contributed by atoms with Crippen LogP contribution in [0.4, 0.5) is 5.82 Å². The van der Waals surface area contributed by atoms with Crippen molar-refractivity contribution < 1.29 is 12.9 Å². The van der Waals surface area contributed by atoms with Crippen molar-refractivity contribution >= 4 is 15.8 Å². The lowest BCUT2D eigenvalue weighted by atomic mass is 9.93. The third-order valence-electron chi connectivity index (χ3n) is 4.01. The molecule has 0 radical (unpaired) electrons. The minimum Gasteiger partial charge on any atom is -0.359 e. The summed E-state index contributed by atoms with van der Waals surface area (Å²) in [5.41, 5.74) is -1.95. The molecule has 150 valence electrons. The van der Waals surface area contributed by atoms with Gasteiger partial charge in [-0.15, -0.1) is 0 Å². The van der Waals surface area contributed by atoms with Crippen LogP contribution < -0.4 is 16.0 Å². The second-order valence-corrected chi connectivity index (χ2v) is 9.09. The van der Waals surface area contributed by atoms with E-state index in [2.05, 4.69) is 21.8 Å². The number of anilines is 1. The van der Waals surface area contributed by atoms with E-state index in [1.165, 1.54) is 10.6 Å². The van der Waals surface area contributed by atoms with Crippen molar-refractivity contribution in [2.75, 3.05) is 4.72 Å². The number of H-pyrrole nitrogens is 1. The maximum Gasteiger partial charge on any atom is 0.328 e. The summed E-state index contributed by atoms with van der Waals surface area (Å²) >= 11 is 0. The molecule has 0 aliphatic rings. The number of aromatic nitrogens is 3. The molecule has 0 amide bonds. The quantitative estimate of drug-likeness (QED) is 0.656. The standard InChI is InChI=1S/C17H26N4O5S/c1-5-6-7-8-9-21-11-12(15(22)18-16(21)23)27(24,25)20-14-10-13(26-19-14)17(2,3)4/h10-11H,5-9H2,1-4H3,(H,19,20)(H,18,22,23). The van der Waals surface area contributed by atoms with E-state index in [1.54, 1.807) is 0 Å². The molecule has 2 heterocycles. The first-order valence-corrected chi connectivity index (χ1v) is 10.4. The predicted octanol–water partition coefficient (Wildman–Crippen LogP) is 2.20. The fraction of sp³-hybridized carbons (Fsp3) is 0.588. The van der Waals surface area contributed by atoms with E-state index in [0.717, 1.165) is 25.5 Å². The zero-order valence-corrected chi connectivity index (χ0v) is 16.9. The third kappa shape index (κ3) is 5.31. The molecule has 0 saturated carbocycles. The highest BCUT2D eigenvalue weighted by Gasteiger charge is 2.24. The van der Waals surface area contributed by atoms with Gasteiger partial charge in [0.05, 0.1) is 0 Å². The Balaban J connectivity index is 2.28. The Morgan fingerprint density at radius 3 is 2.52 bits per heavy atom. The Morgan fingerprint density at radius 1 is 1.22 bits per heavy atom. The molecule has 27 heavy (non-hydrogen) atoms. The van der Waals surface area contributed by atoms with Crippen molar-refractivity contribution in [3.63, 3.8) is 0 Å². The van der Waals surface area contributed by atoms with Crippen molar-refractivity contribution in [2.45, 2.75) is 70.2 Å². The second-order valence-electron chi connectivity index (χ2n) is 7.44. The van der Waals surface area contributed by atoms with Crippen molar-refractivity contribution in [3.05, 3.63) is 38.9 Å². The van der Waals surface area contributed by atoms with Gasteiger partial charge in [0.15, 0.2) is 10.7 Å². The van der Waals surface area contributed by atoms with Crippen LogP contribution in [0.3, 0.4) is 0 Å². The van der Waals surface area contributed by atoms with Crippen LogP contribution in [0.5, 0.6) is 0 Å². The highest BCUT2D eigenvalue weighted by Crippen LogP contribution is 2.25. The Bertz CT molecular complexity index is 995. The lowest BCUT2D eigenvalue weighted by molar-refractivity contribution is 0.331. The SMILES string of the molecule is CCCCCCn1cc(S(=O)(=O)Nc2cc(C(C)(C)C)on2)c(=O)[nH]c1=O. The number of unbranched alkanes of at least 4 members (excludes halogenated alkanes) is 3. The molecule has 0 aliphatic carbocycles. The van der Waals surface area contributed by atoms with Crippen LogP contribution in [0.2, 0.25) is 0 Å². The van der Waals surface area contributed by atoms with E-state index in [9.17, 15) is 18.0 Å². The monoisotopic (exact) mass is 398 g/mol. The van der Waals surface area contributed by atoms with Gasteiger partial charge in [0, 0.05) is 24.2 Å². The zero-order chi connectivity index (χ0) is 20.2. The molecule has 10 heteroatoms. The molecule has 0 spiro atoms. The summed E-state index contributed by atoms with van der Waals surface area (Å²) in [5, 5.41) is 3.69. The van der Waals surface area contributed by atoms with Gasteiger partial charge in [-0.1, -0.05) is 52.1 Å². The van der Waals surface area contributed by atoms with Gasteiger partial charge in [-0.25, -0.2) is 13.2 Å². The van der Waals surface area contributed by atoms with Gasteiger partial charge >= 0.3 is 5.69 Å². The Labute approximate surface area is 157 Å². The van der Waals surface area contributed by atoms with Crippen molar-refractivity contribution in [3.8, 4) is 0 Å². The van der Waals surface area contributed by atoms with Gasteiger partial charge in [0.1, 0.15) is 5.76 Å². The summed E-state index contributed by atoms with van der Waals surface area (Å²) < 4.78 is 33.8. The average molecular weight is 398 g/mol. The molecule has 2 aromatic rings. The second kappa shape index (κ2) is 8.12. The fourth-order valence-electron chi connectivity index (χ4n) is 2.43. The maximum atomic E-state index is 12.6. The Kier molecular flexibility index (Phi) is 6.30. The summed E-state index contributed by atoms with van der Waals surface area (Å²) in [4.78, 5) is 25.5. The van der Waals surface area contributed by atoms with Gasteiger partial charge in [-0.05, 0) is 6.42 Å². The topological polar surface area (TPSA) is 127 Å². The zero-order valence-electron chi connectivity index (χ0n) is 16.0. The minimum absolute atomic E-state index is 0.0278. The van der Waals surface area contributed by atoms with Crippen LogP contribution >= 0.6 is 0 Å². The molecule has 0 fully saturated rings. The van der Waals surface area contributed by atoms with Crippen LogP contribution in [0, 0.1) is 0 Å². The predicted molar refractivity (Wildman–Crippen MR) is 101 cm³/mol. The maximum absolute atomic E-state index is 12.6. The fourth-order valence-corrected chi connectivity index (χ4v) is 3.47. The Morgan fingerprint density at radius 2 is 1.93 bits per heavy atom. The highest BCUT2D eigenvalue weighted by atomic mass is 32.2. The van der Waals surface area contributed by atoms with E-state index in [4.69, 9.17) is 4.52 Å². The molecule has 2 aromatic heterocycles. The number of aryl methyl sites for hydroxylation is 1. The summed E-state index contributed by atoms with van der Waals surface area (Å²) in [6.07, 6.45) is 4.76. The van der Waals surface area contributed by atoms with E-state index < -0.39 is 26.2 Å². The average Bonchev–Trinajstić information content (AvgIpc) is 3.01. The molecule has 9 nitrogen and oxygen atoms in total. The lowest BCUT2D eigenvalue weighted by Gasteiger charge is -2.12. The van der Waals surface area contributed by atoms with Crippen molar-refractivity contribution in [2.24, 2.45) is 0 Å². The summed E-state index contributed by atoms with van der Waals surface area (Å²) in [5.74, 6) is 0.468. The summed E-state index contributed by atoms with van der Waals surface area (Å²) in [6, 6.07) is 1.46. The van der Waals surface area contributed by atoms with Gasteiger partial charge in [0.25, 0.3) is 15.6 Å². The van der Waals surface area contributed by atoms with Crippen LogP contribution in [0.25, 0.3) is 0 Å². The van der Waals surface area contributed by atoms with E-state index in [1.807, 2.05) is 20.8 Å². The van der Waals surface area contributed by atoms with Crippen LogP contribution in [0.1, 0.15) is 59.1 Å².